The third kappa shape index (κ3) is 4.45. The molecule has 8 heteroatoms. The molecular formula is C18H16F2N4OS. The van der Waals surface area contributed by atoms with Crippen LogP contribution < -0.4 is 5.32 Å². The van der Waals surface area contributed by atoms with Crippen molar-refractivity contribution in [3.05, 3.63) is 65.7 Å². The zero-order chi connectivity index (χ0) is 18.5. The Morgan fingerprint density at radius 1 is 1.19 bits per heavy atom. The normalized spacial score (nSPS) is 12.0. The number of nitrogens with zero attached hydrogens (tertiary/aromatic N) is 2. The number of thioether (sulfide) groups is 1. The molecular weight excluding hydrogens is 358 g/mol. The monoisotopic (exact) mass is 374 g/mol. The lowest BCUT2D eigenvalue weighted by Gasteiger charge is -2.13. The van der Waals surface area contributed by atoms with Crippen LogP contribution in [0.5, 0.6) is 0 Å². The molecule has 3 aromatic rings. The highest BCUT2D eigenvalue weighted by molar-refractivity contribution is 7.99. The van der Waals surface area contributed by atoms with Crippen LogP contribution in [0.15, 0.2) is 53.7 Å². The highest BCUT2D eigenvalue weighted by Crippen LogP contribution is 2.21. The Hall–Kier alpha value is -2.74. The summed E-state index contributed by atoms with van der Waals surface area (Å²) in [4.78, 5) is 16.3. The van der Waals surface area contributed by atoms with Gasteiger partial charge in [0.25, 0.3) is 0 Å². The van der Waals surface area contributed by atoms with Gasteiger partial charge in [0.15, 0.2) is 5.82 Å². The molecule has 0 aliphatic rings. The van der Waals surface area contributed by atoms with Crippen molar-refractivity contribution in [2.75, 3.05) is 5.75 Å². The lowest BCUT2D eigenvalue weighted by atomic mass is 10.1. The van der Waals surface area contributed by atoms with Crippen LogP contribution in [0.4, 0.5) is 8.78 Å². The number of aromatic amines is 1. The number of aromatic nitrogens is 3. The molecule has 0 radical (unpaired) electrons. The summed E-state index contributed by atoms with van der Waals surface area (Å²) in [7, 11) is 0. The molecule has 1 unspecified atom stereocenters. The van der Waals surface area contributed by atoms with Crippen molar-refractivity contribution in [3.63, 3.8) is 0 Å². The number of carbonyl (C=O) groups is 1. The van der Waals surface area contributed by atoms with Crippen molar-refractivity contribution in [3.8, 4) is 11.4 Å². The number of rotatable bonds is 6. The van der Waals surface area contributed by atoms with E-state index in [2.05, 4.69) is 20.5 Å². The number of hydrogen-bond donors (Lipinski definition) is 2. The lowest BCUT2D eigenvalue weighted by molar-refractivity contribution is -0.119. The SMILES string of the molecule is CC(NC(=O)CSc1n[nH]c(-c2ccccc2F)n1)c1ccc(F)cc1. The number of amides is 1. The first kappa shape index (κ1) is 18.1. The maximum Gasteiger partial charge on any atom is 0.230 e. The summed E-state index contributed by atoms with van der Waals surface area (Å²) in [6.07, 6.45) is 0. The summed E-state index contributed by atoms with van der Waals surface area (Å²) in [6, 6.07) is 12.0. The van der Waals surface area contributed by atoms with Crippen molar-refractivity contribution < 1.29 is 13.6 Å². The number of H-pyrrole nitrogens is 1. The van der Waals surface area contributed by atoms with Gasteiger partial charge in [-0.3, -0.25) is 9.89 Å². The first-order chi connectivity index (χ1) is 12.5. The Morgan fingerprint density at radius 2 is 1.92 bits per heavy atom. The zero-order valence-corrected chi connectivity index (χ0v) is 14.7. The summed E-state index contributed by atoms with van der Waals surface area (Å²) in [5, 5.41) is 9.84. The van der Waals surface area contributed by atoms with Crippen LogP contribution in [0.3, 0.4) is 0 Å². The number of nitrogens with one attached hydrogen (secondary N) is 2. The maximum absolute atomic E-state index is 13.7. The average Bonchev–Trinajstić information content (AvgIpc) is 3.09. The molecule has 0 saturated heterocycles. The van der Waals surface area contributed by atoms with Gasteiger partial charge in [-0.2, -0.15) is 0 Å². The van der Waals surface area contributed by atoms with E-state index in [1.54, 1.807) is 30.3 Å². The van der Waals surface area contributed by atoms with E-state index in [0.29, 0.717) is 16.5 Å². The summed E-state index contributed by atoms with van der Waals surface area (Å²) >= 11 is 1.14. The van der Waals surface area contributed by atoms with Crippen molar-refractivity contribution in [2.45, 2.75) is 18.1 Å². The van der Waals surface area contributed by atoms with Gasteiger partial charge >= 0.3 is 0 Å². The van der Waals surface area contributed by atoms with Gasteiger partial charge < -0.3 is 5.32 Å². The first-order valence-corrected chi connectivity index (χ1v) is 8.86. The van der Waals surface area contributed by atoms with Crippen LogP contribution in [0.25, 0.3) is 11.4 Å². The molecule has 1 amide bonds. The van der Waals surface area contributed by atoms with Crippen molar-refractivity contribution in [1.29, 1.82) is 0 Å². The molecule has 0 bridgehead atoms. The maximum atomic E-state index is 13.7. The Labute approximate surface area is 153 Å². The van der Waals surface area contributed by atoms with E-state index < -0.39 is 5.82 Å². The Bertz CT molecular complexity index is 898. The van der Waals surface area contributed by atoms with Gasteiger partial charge in [0.05, 0.1) is 17.4 Å². The molecule has 0 saturated carbocycles. The highest BCUT2D eigenvalue weighted by atomic mass is 32.2. The number of carbonyl (C=O) groups excluding carboxylic acids is 1. The van der Waals surface area contributed by atoms with Crippen LogP contribution in [0.1, 0.15) is 18.5 Å². The van der Waals surface area contributed by atoms with Gasteiger partial charge in [0.2, 0.25) is 11.1 Å². The summed E-state index contributed by atoms with van der Waals surface area (Å²) in [6.45, 7) is 1.82. The topological polar surface area (TPSA) is 70.7 Å². The predicted octanol–water partition coefficient (Wildman–Crippen LogP) is 3.72. The summed E-state index contributed by atoms with van der Waals surface area (Å²) < 4.78 is 26.7. The van der Waals surface area contributed by atoms with Crippen molar-refractivity contribution in [2.24, 2.45) is 0 Å². The van der Waals surface area contributed by atoms with Gasteiger partial charge in [0, 0.05) is 0 Å². The molecule has 5 nitrogen and oxygen atoms in total. The molecule has 0 aliphatic carbocycles. The second kappa shape index (κ2) is 8.09. The fraction of sp³-hybridized carbons (Fsp3) is 0.167. The van der Waals surface area contributed by atoms with Gasteiger partial charge in [-0.15, -0.1) is 5.10 Å². The van der Waals surface area contributed by atoms with E-state index in [9.17, 15) is 13.6 Å². The second-order valence-electron chi connectivity index (χ2n) is 5.58. The molecule has 0 fully saturated rings. The van der Waals surface area contributed by atoms with Crippen molar-refractivity contribution >= 4 is 17.7 Å². The molecule has 0 spiro atoms. The number of benzene rings is 2. The van der Waals surface area contributed by atoms with E-state index in [1.165, 1.54) is 18.2 Å². The third-order valence-corrected chi connectivity index (χ3v) is 4.52. The fourth-order valence-electron chi connectivity index (χ4n) is 2.33. The molecule has 26 heavy (non-hydrogen) atoms. The van der Waals surface area contributed by atoms with Crippen molar-refractivity contribution in [1.82, 2.24) is 20.5 Å². The molecule has 1 aromatic heterocycles. The van der Waals surface area contributed by atoms with Gasteiger partial charge in [0.1, 0.15) is 11.6 Å². The standard InChI is InChI=1S/C18H16F2N4OS/c1-11(12-6-8-13(19)9-7-12)21-16(25)10-26-18-22-17(23-24-18)14-4-2-3-5-15(14)20/h2-9,11H,10H2,1H3,(H,21,25)(H,22,23,24). The third-order valence-electron chi connectivity index (χ3n) is 3.67. The van der Waals surface area contributed by atoms with Crippen LogP contribution in [-0.2, 0) is 4.79 Å². The molecule has 134 valence electrons. The first-order valence-electron chi connectivity index (χ1n) is 7.88. The molecule has 2 aromatic carbocycles. The van der Waals surface area contributed by atoms with E-state index in [4.69, 9.17) is 0 Å². The van der Waals surface area contributed by atoms with Crippen LogP contribution in [0.2, 0.25) is 0 Å². The van der Waals surface area contributed by atoms with E-state index in [-0.39, 0.29) is 23.5 Å². The van der Waals surface area contributed by atoms with Gasteiger partial charge in [-0.05, 0) is 36.8 Å². The quantitative estimate of drug-likeness (QED) is 0.645. The Kier molecular flexibility index (Phi) is 5.62. The minimum Gasteiger partial charge on any atom is -0.349 e. The highest BCUT2D eigenvalue weighted by Gasteiger charge is 2.13. The molecule has 1 heterocycles. The molecule has 1 atom stereocenters. The second-order valence-corrected chi connectivity index (χ2v) is 6.52. The van der Waals surface area contributed by atoms with Gasteiger partial charge in [-0.25, -0.2) is 13.8 Å². The average molecular weight is 374 g/mol. The molecule has 0 aliphatic heterocycles. The van der Waals surface area contributed by atoms with E-state index in [0.717, 1.165) is 17.3 Å². The number of halogens is 2. The smallest absolute Gasteiger partial charge is 0.230 e. The minimum atomic E-state index is -0.397. The van der Waals surface area contributed by atoms with E-state index in [1.807, 2.05) is 6.92 Å². The lowest BCUT2D eigenvalue weighted by Crippen LogP contribution is -2.28. The summed E-state index contributed by atoms with van der Waals surface area (Å²) in [5.74, 6) is -0.501. The zero-order valence-electron chi connectivity index (χ0n) is 13.9. The molecule has 2 N–H and O–H groups in total. The van der Waals surface area contributed by atoms with Crippen LogP contribution >= 0.6 is 11.8 Å². The Morgan fingerprint density at radius 3 is 2.65 bits per heavy atom. The predicted molar refractivity (Wildman–Crippen MR) is 95.5 cm³/mol. The van der Waals surface area contributed by atoms with Crippen LogP contribution in [0, 0.1) is 11.6 Å². The summed E-state index contributed by atoms with van der Waals surface area (Å²) in [5.41, 5.74) is 1.13. The number of hydrogen-bond acceptors (Lipinski definition) is 4. The molecule has 3 rings (SSSR count). The van der Waals surface area contributed by atoms with Gasteiger partial charge in [-0.1, -0.05) is 36.0 Å². The fourth-order valence-corrected chi connectivity index (χ4v) is 2.94. The Balaban J connectivity index is 1.55. The van der Waals surface area contributed by atoms with E-state index >= 15 is 0 Å². The largest absolute Gasteiger partial charge is 0.349 e. The van der Waals surface area contributed by atoms with Crippen LogP contribution in [-0.4, -0.2) is 26.8 Å². The minimum absolute atomic E-state index is 0.111.